The lowest BCUT2D eigenvalue weighted by atomic mass is 10.0. The van der Waals surface area contributed by atoms with Crippen LogP contribution in [0.5, 0.6) is 0 Å². The molecule has 0 aliphatic rings. The zero-order valence-electron chi connectivity index (χ0n) is 14.5. The molecule has 2 heterocycles. The van der Waals surface area contributed by atoms with E-state index in [1.807, 2.05) is 22.9 Å². The number of aromatic nitrogens is 1. The molecule has 0 radical (unpaired) electrons. The molecule has 0 atom stereocenters. The van der Waals surface area contributed by atoms with E-state index in [0.717, 1.165) is 11.3 Å². The van der Waals surface area contributed by atoms with Crippen molar-refractivity contribution in [3.8, 4) is 11.3 Å². The van der Waals surface area contributed by atoms with Gasteiger partial charge >= 0.3 is 0 Å². The second-order valence-corrected chi connectivity index (χ2v) is 7.83. The van der Waals surface area contributed by atoms with Gasteiger partial charge in [0.25, 0.3) is 5.91 Å². The Morgan fingerprint density at radius 2 is 1.88 bits per heavy atom. The van der Waals surface area contributed by atoms with Crippen LogP contribution in [0, 0.1) is 0 Å². The molecule has 2 aromatic heterocycles. The number of nitrogens with one attached hydrogen (secondary N) is 2. The SMILES string of the molecule is CC(C)c1ccc(-c2csc(NC(=O)CNC(=O)c3cccs3)n2)cc1. The highest BCUT2D eigenvalue weighted by Crippen LogP contribution is 2.26. The number of rotatable bonds is 6. The van der Waals surface area contributed by atoms with E-state index in [2.05, 4.69) is 41.6 Å². The summed E-state index contributed by atoms with van der Waals surface area (Å²) in [5.74, 6) is -0.0649. The Kier molecular flexibility index (Phi) is 5.80. The molecule has 0 spiro atoms. The first-order valence-corrected chi connectivity index (χ1v) is 9.96. The van der Waals surface area contributed by atoms with Crippen molar-refractivity contribution in [1.29, 1.82) is 0 Å². The van der Waals surface area contributed by atoms with Crippen LogP contribution in [0.25, 0.3) is 11.3 Å². The van der Waals surface area contributed by atoms with Crippen LogP contribution in [0.15, 0.2) is 47.2 Å². The lowest BCUT2D eigenvalue weighted by Crippen LogP contribution is -2.32. The van der Waals surface area contributed by atoms with Crippen LogP contribution in [0.2, 0.25) is 0 Å². The average Bonchev–Trinajstić information content (AvgIpc) is 3.32. The third-order valence-corrected chi connectivity index (χ3v) is 5.40. The van der Waals surface area contributed by atoms with Gasteiger partial charge in [-0.1, -0.05) is 44.2 Å². The summed E-state index contributed by atoms with van der Waals surface area (Å²) >= 11 is 2.70. The van der Waals surface area contributed by atoms with Crippen LogP contribution in [0.1, 0.15) is 35.0 Å². The standard InChI is InChI=1S/C19H19N3O2S2/c1-12(2)13-5-7-14(8-6-13)15-11-26-19(21-15)22-17(23)10-20-18(24)16-4-3-9-25-16/h3-9,11-12H,10H2,1-2H3,(H,20,24)(H,21,22,23). The number of nitrogens with zero attached hydrogens (tertiary/aromatic N) is 1. The Hall–Kier alpha value is -2.51. The van der Waals surface area contributed by atoms with Crippen molar-refractivity contribution in [2.24, 2.45) is 0 Å². The number of thiophene rings is 1. The van der Waals surface area contributed by atoms with E-state index in [1.54, 1.807) is 12.1 Å². The first-order valence-electron chi connectivity index (χ1n) is 8.20. The van der Waals surface area contributed by atoms with Gasteiger partial charge in [-0.05, 0) is 22.9 Å². The maximum absolute atomic E-state index is 12.0. The molecule has 1 aromatic carbocycles. The summed E-state index contributed by atoms with van der Waals surface area (Å²) in [6, 6.07) is 11.8. The van der Waals surface area contributed by atoms with E-state index in [9.17, 15) is 9.59 Å². The predicted octanol–water partition coefficient (Wildman–Crippen LogP) is 4.36. The Morgan fingerprint density at radius 3 is 2.54 bits per heavy atom. The Balaban J connectivity index is 1.56. The fourth-order valence-electron chi connectivity index (χ4n) is 2.32. The highest BCUT2D eigenvalue weighted by Gasteiger charge is 2.11. The number of hydrogen-bond acceptors (Lipinski definition) is 5. The molecular formula is C19H19N3O2S2. The highest BCUT2D eigenvalue weighted by atomic mass is 32.1. The zero-order chi connectivity index (χ0) is 18.5. The van der Waals surface area contributed by atoms with Gasteiger partial charge in [0.15, 0.2) is 5.13 Å². The van der Waals surface area contributed by atoms with Crippen LogP contribution >= 0.6 is 22.7 Å². The molecule has 0 saturated carbocycles. The molecule has 0 saturated heterocycles. The van der Waals surface area contributed by atoms with Crippen LogP contribution in [0.3, 0.4) is 0 Å². The maximum Gasteiger partial charge on any atom is 0.261 e. The fraction of sp³-hybridized carbons (Fsp3) is 0.211. The van der Waals surface area contributed by atoms with Gasteiger partial charge in [-0.3, -0.25) is 9.59 Å². The first kappa shape index (κ1) is 18.3. The largest absolute Gasteiger partial charge is 0.342 e. The number of hydrogen-bond donors (Lipinski definition) is 2. The summed E-state index contributed by atoms with van der Waals surface area (Å²) < 4.78 is 0. The molecule has 3 rings (SSSR count). The third kappa shape index (κ3) is 4.56. The molecule has 7 heteroatoms. The van der Waals surface area contributed by atoms with E-state index in [0.29, 0.717) is 15.9 Å². The summed E-state index contributed by atoms with van der Waals surface area (Å²) in [5, 5.41) is 9.56. The molecular weight excluding hydrogens is 366 g/mol. The molecule has 2 N–H and O–H groups in total. The second kappa shape index (κ2) is 8.25. The normalized spacial score (nSPS) is 10.7. The summed E-state index contributed by atoms with van der Waals surface area (Å²) in [5.41, 5.74) is 3.11. The van der Waals surface area contributed by atoms with E-state index in [1.165, 1.54) is 28.2 Å². The van der Waals surface area contributed by atoms with Crippen molar-refractivity contribution < 1.29 is 9.59 Å². The van der Waals surface area contributed by atoms with E-state index < -0.39 is 0 Å². The zero-order valence-corrected chi connectivity index (χ0v) is 16.1. The summed E-state index contributed by atoms with van der Waals surface area (Å²) in [6.45, 7) is 4.22. The van der Waals surface area contributed by atoms with Gasteiger partial charge in [0.2, 0.25) is 5.91 Å². The molecule has 0 unspecified atom stereocenters. The third-order valence-electron chi connectivity index (χ3n) is 3.78. The minimum Gasteiger partial charge on any atom is -0.342 e. The van der Waals surface area contributed by atoms with Crippen molar-refractivity contribution in [1.82, 2.24) is 10.3 Å². The van der Waals surface area contributed by atoms with Crippen LogP contribution in [-0.4, -0.2) is 23.3 Å². The number of carbonyl (C=O) groups excluding carboxylic acids is 2. The molecule has 5 nitrogen and oxygen atoms in total. The molecule has 0 aliphatic heterocycles. The Morgan fingerprint density at radius 1 is 1.12 bits per heavy atom. The van der Waals surface area contributed by atoms with E-state index in [-0.39, 0.29) is 18.4 Å². The van der Waals surface area contributed by atoms with Crippen molar-refractivity contribution in [3.05, 3.63) is 57.6 Å². The van der Waals surface area contributed by atoms with Crippen molar-refractivity contribution in [3.63, 3.8) is 0 Å². The number of thiazole rings is 1. The predicted molar refractivity (Wildman–Crippen MR) is 107 cm³/mol. The lowest BCUT2D eigenvalue weighted by Gasteiger charge is -2.05. The monoisotopic (exact) mass is 385 g/mol. The quantitative estimate of drug-likeness (QED) is 0.662. The van der Waals surface area contributed by atoms with Crippen LogP contribution in [-0.2, 0) is 4.79 Å². The number of amides is 2. The molecule has 0 bridgehead atoms. The first-order chi connectivity index (χ1) is 12.5. The van der Waals surface area contributed by atoms with Crippen molar-refractivity contribution in [2.75, 3.05) is 11.9 Å². The van der Waals surface area contributed by atoms with Gasteiger partial charge in [-0.2, -0.15) is 0 Å². The summed E-state index contributed by atoms with van der Waals surface area (Å²) in [4.78, 5) is 28.9. The van der Waals surface area contributed by atoms with Crippen LogP contribution < -0.4 is 10.6 Å². The Bertz CT molecular complexity index is 884. The molecule has 0 fully saturated rings. The number of carbonyl (C=O) groups is 2. The minimum absolute atomic E-state index is 0.0886. The summed E-state index contributed by atoms with van der Waals surface area (Å²) in [7, 11) is 0. The molecule has 134 valence electrons. The minimum atomic E-state index is -0.300. The van der Waals surface area contributed by atoms with Gasteiger partial charge in [0, 0.05) is 10.9 Å². The van der Waals surface area contributed by atoms with Gasteiger partial charge < -0.3 is 10.6 Å². The van der Waals surface area contributed by atoms with Crippen molar-refractivity contribution in [2.45, 2.75) is 19.8 Å². The molecule has 26 heavy (non-hydrogen) atoms. The van der Waals surface area contributed by atoms with Crippen LogP contribution in [0.4, 0.5) is 5.13 Å². The maximum atomic E-state index is 12.0. The van der Waals surface area contributed by atoms with Crippen molar-refractivity contribution >= 4 is 39.6 Å². The lowest BCUT2D eigenvalue weighted by molar-refractivity contribution is -0.115. The number of anilines is 1. The van der Waals surface area contributed by atoms with Gasteiger partial charge in [-0.25, -0.2) is 4.98 Å². The topological polar surface area (TPSA) is 71.1 Å². The molecule has 3 aromatic rings. The average molecular weight is 386 g/mol. The van der Waals surface area contributed by atoms with Gasteiger partial charge in [0.05, 0.1) is 17.1 Å². The second-order valence-electron chi connectivity index (χ2n) is 6.02. The van der Waals surface area contributed by atoms with Gasteiger partial charge in [0.1, 0.15) is 0 Å². The van der Waals surface area contributed by atoms with E-state index >= 15 is 0 Å². The summed E-state index contributed by atoms with van der Waals surface area (Å²) in [6.07, 6.45) is 0. The smallest absolute Gasteiger partial charge is 0.261 e. The Labute approximate surface area is 160 Å². The van der Waals surface area contributed by atoms with E-state index in [4.69, 9.17) is 0 Å². The van der Waals surface area contributed by atoms with Gasteiger partial charge in [-0.15, -0.1) is 22.7 Å². The molecule has 0 aliphatic carbocycles. The fourth-order valence-corrected chi connectivity index (χ4v) is 3.70. The highest BCUT2D eigenvalue weighted by molar-refractivity contribution is 7.14. The number of benzene rings is 1. The molecule has 2 amide bonds.